The summed E-state index contributed by atoms with van der Waals surface area (Å²) in [6.45, 7) is 5.54. The first kappa shape index (κ1) is 15.5. The van der Waals surface area contributed by atoms with Gasteiger partial charge in [-0.1, -0.05) is 6.92 Å². The normalized spacial score (nSPS) is 15.9. The van der Waals surface area contributed by atoms with Crippen LogP contribution in [0.4, 0.5) is 11.6 Å². The number of rotatable bonds is 5. The second-order valence-electron chi connectivity index (χ2n) is 5.49. The Morgan fingerprint density at radius 2 is 2.10 bits per heavy atom. The number of hydrogen-bond donors (Lipinski definition) is 2. The smallest absolute Gasteiger partial charge is 0.217 e. The maximum absolute atomic E-state index is 11.1. The van der Waals surface area contributed by atoms with Crippen molar-refractivity contribution in [3.05, 3.63) is 11.9 Å². The van der Waals surface area contributed by atoms with Crippen LogP contribution in [0.3, 0.4) is 0 Å². The molecule has 0 spiro atoms. The predicted octanol–water partition coefficient (Wildman–Crippen LogP) is 1.58. The summed E-state index contributed by atoms with van der Waals surface area (Å²) in [4.78, 5) is 22.5. The van der Waals surface area contributed by atoms with Crippen LogP contribution >= 0.6 is 0 Å². The molecule has 0 radical (unpaired) electrons. The molecule has 0 aromatic carbocycles. The minimum atomic E-state index is 0.0539. The van der Waals surface area contributed by atoms with E-state index >= 15 is 0 Å². The summed E-state index contributed by atoms with van der Waals surface area (Å²) in [5.41, 5.74) is 0. The Hall–Kier alpha value is -1.85. The van der Waals surface area contributed by atoms with Crippen LogP contribution in [-0.4, -0.2) is 42.1 Å². The van der Waals surface area contributed by atoms with Crippen molar-refractivity contribution >= 4 is 17.5 Å². The van der Waals surface area contributed by atoms with Crippen LogP contribution in [0.2, 0.25) is 0 Å². The standard InChI is InChI=1S/C15H25N5O/c1-4-5-13-18-14(16-3)10-15(19-13)20-8-6-12(7-9-20)17-11(2)21/h10,12H,4-9H2,1-3H3,(H,17,21)(H,16,18,19). The molecule has 1 saturated heterocycles. The molecule has 1 fully saturated rings. The molecule has 0 saturated carbocycles. The second-order valence-corrected chi connectivity index (χ2v) is 5.49. The highest BCUT2D eigenvalue weighted by Crippen LogP contribution is 2.21. The van der Waals surface area contributed by atoms with Gasteiger partial charge in [0.25, 0.3) is 0 Å². The van der Waals surface area contributed by atoms with Crippen molar-refractivity contribution < 1.29 is 4.79 Å². The van der Waals surface area contributed by atoms with E-state index < -0.39 is 0 Å². The average Bonchev–Trinajstić information content (AvgIpc) is 2.47. The summed E-state index contributed by atoms with van der Waals surface area (Å²) in [7, 11) is 1.88. The Balaban J connectivity index is 2.05. The molecule has 0 atom stereocenters. The van der Waals surface area contributed by atoms with Crippen molar-refractivity contribution in [2.75, 3.05) is 30.4 Å². The zero-order valence-corrected chi connectivity index (χ0v) is 13.1. The summed E-state index contributed by atoms with van der Waals surface area (Å²) in [5.74, 6) is 2.80. The molecular weight excluding hydrogens is 266 g/mol. The van der Waals surface area contributed by atoms with Crippen LogP contribution in [0.1, 0.15) is 38.9 Å². The van der Waals surface area contributed by atoms with Gasteiger partial charge in [0.05, 0.1) is 0 Å². The van der Waals surface area contributed by atoms with E-state index in [1.807, 2.05) is 13.1 Å². The lowest BCUT2D eigenvalue weighted by Crippen LogP contribution is -2.44. The maximum atomic E-state index is 11.1. The largest absolute Gasteiger partial charge is 0.373 e. The summed E-state index contributed by atoms with van der Waals surface area (Å²) < 4.78 is 0. The highest BCUT2D eigenvalue weighted by Gasteiger charge is 2.21. The third-order valence-corrected chi connectivity index (χ3v) is 3.72. The van der Waals surface area contributed by atoms with E-state index in [2.05, 4.69) is 32.4 Å². The number of aromatic nitrogens is 2. The fourth-order valence-electron chi connectivity index (χ4n) is 2.65. The number of hydrogen-bond acceptors (Lipinski definition) is 5. The lowest BCUT2D eigenvalue weighted by Gasteiger charge is -2.33. The maximum Gasteiger partial charge on any atom is 0.217 e. The first-order valence-electron chi connectivity index (χ1n) is 7.70. The number of piperidine rings is 1. The Bertz CT molecular complexity index is 483. The minimum absolute atomic E-state index is 0.0539. The summed E-state index contributed by atoms with van der Waals surface area (Å²) in [5, 5.41) is 6.10. The number of anilines is 2. The molecule has 116 valence electrons. The highest BCUT2D eigenvalue weighted by molar-refractivity contribution is 5.73. The molecule has 6 heteroatoms. The zero-order chi connectivity index (χ0) is 15.2. The molecule has 1 aromatic rings. The van der Waals surface area contributed by atoms with Gasteiger partial charge in [-0.05, 0) is 19.3 Å². The van der Waals surface area contributed by atoms with Gasteiger partial charge in [0.15, 0.2) is 0 Å². The van der Waals surface area contributed by atoms with Crippen molar-refractivity contribution in [3.63, 3.8) is 0 Å². The lowest BCUT2D eigenvalue weighted by atomic mass is 10.1. The van der Waals surface area contributed by atoms with E-state index in [9.17, 15) is 4.79 Å². The molecule has 0 aliphatic carbocycles. The number of nitrogens with zero attached hydrogens (tertiary/aromatic N) is 3. The molecule has 2 heterocycles. The number of nitrogens with one attached hydrogen (secondary N) is 2. The van der Waals surface area contributed by atoms with Gasteiger partial charge in [-0.25, -0.2) is 9.97 Å². The molecule has 0 bridgehead atoms. The van der Waals surface area contributed by atoms with E-state index in [4.69, 9.17) is 0 Å². The van der Waals surface area contributed by atoms with Gasteiger partial charge in [0.2, 0.25) is 5.91 Å². The van der Waals surface area contributed by atoms with Crippen LogP contribution in [0.15, 0.2) is 6.07 Å². The van der Waals surface area contributed by atoms with Gasteiger partial charge >= 0.3 is 0 Å². The molecular formula is C15H25N5O. The Morgan fingerprint density at radius 3 is 2.67 bits per heavy atom. The number of aryl methyl sites for hydroxylation is 1. The Kier molecular flexibility index (Phi) is 5.36. The average molecular weight is 291 g/mol. The molecule has 1 aliphatic heterocycles. The SMILES string of the molecule is CCCc1nc(NC)cc(N2CCC(NC(C)=O)CC2)n1. The summed E-state index contributed by atoms with van der Waals surface area (Å²) >= 11 is 0. The van der Waals surface area contributed by atoms with Crippen LogP contribution in [0, 0.1) is 0 Å². The molecule has 1 aromatic heterocycles. The Labute approximate surface area is 126 Å². The quantitative estimate of drug-likeness (QED) is 0.862. The topological polar surface area (TPSA) is 70.2 Å². The van der Waals surface area contributed by atoms with Crippen molar-refractivity contribution in [1.29, 1.82) is 0 Å². The van der Waals surface area contributed by atoms with Gasteiger partial charge in [0.1, 0.15) is 17.5 Å². The van der Waals surface area contributed by atoms with Crippen molar-refractivity contribution in [2.45, 2.75) is 45.6 Å². The highest BCUT2D eigenvalue weighted by atomic mass is 16.1. The summed E-state index contributed by atoms with van der Waals surface area (Å²) in [6.07, 6.45) is 3.85. The Morgan fingerprint density at radius 1 is 1.38 bits per heavy atom. The van der Waals surface area contributed by atoms with Crippen molar-refractivity contribution in [1.82, 2.24) is 15.3 Å². The van der Waals surface area contributed by atoms with E-state index in [1.165, 1.54) is 0 Å². The summed E-state index contributed by atoms with van der Waals surface area (Å²) in [6, 6.07) is 2.29. The monoisotopic (exact) mass is 291 g/mol. The molecule has 1 aliphatic rings. The van der Waals surface area contributed by atoms with E-state index in [0.717, 1.165) is 56.2 Å². The fourth-order valence-corrected chi connectivity index (χ4v) is 2.65. The fraction of sp³-hybridized carbons (Fsp3) is 0.667. The van der Waals surface area contributed by atoms with Crippen LogP contribution in [0.5, 0.6) is 0 Å². The number of carbonyl (C=O) groups is 1. The third-order valence-electron chi connectivity index (χ3n) is 3.72. The van der Waals surface area contributed by atoms with E-state index in [1.54, 1.807) is 6.92 Å². The molecule has 0 unspecified atom stereocenters. The first-order chi connectivity index (χ1) is 10.1. The minimum Gasteiger partial charge on any atom is -0.373 e. The van der Waals surface area contributed by atoms with E-state index in [-0.39, 0.29) is 5.91 Å². The van der Waals surface area contributed by atoms with Crippen LogP contribution in [-0.2, 0) is 11.2 Å². The molecule has 1 amide bonds. The molecule has 2 N–H and O–H groups in total. The van der Waals surface area contributed by atoms with Crippen molar-refractivity contribution in [2.24, 2.45) is 0 Å². The second kappa shape index (κ2) is 7.24. The lowest BCUT2D eigenvalue weighted by molar-refractivity contribution is -0.119. The van der Waals surface area contributed by atoms with Gasteiger partial charge < -0.3 is 15.5 Å². The van der Waals surface area contributed by atoms with Crippen molar-refractivity contribution in [3.8, 4) is 0 Å². The zero-order valence-electron chi connectivity index (χ0n) is 13.1. The van der Waals surface area contributed by atoms with Gasteiger partial charge in [-0.3, -0.25) is 4.79 Å². The molecule has 21 heavy (non-hydrogen) atoms. The van der Waals surface area contributed by atoms with Gasteiger partial charge in [-0.15, -0.1) is 0 Å². The van der Waals surface area contributed by atoms with E-state index in [0.29, 0.717) is 6.04 Å². The molecule has 6 nitrogen and oxygen atoms in total. The first-order valence-corrected chi connectivity index (χ1v) is 7.70. The predicted molar refractivity (Wildman–Crippen MR) is 84.6 cm³/mol. The van der Waals surface area contributed by atoms with Crippen LogP contribution in [0.25, 0.3) is 0 Å². The number of amides is 1. The third kappa shape index (κ3) is 4.31. The molecule has 2 rings (SSSR count). The van der Waals surface area contributed by atoms with Crippen LogP contribution < -0.4 is 15.5 Å². The van der Waals surface area contributed by atoms with Gasteiger partial charge in [-0.2, -0.15) is 0 Å². The van der Waals surface area contributed by atoms with Gasteiger partial charge in [0, 0.05) is 45.6 Å². The number of carbonyl (C=O) groups excluding carboxylic acids is 1.